The molecule has 1 saturated heterocycles. The molecule has 1 N–H and O–H groups in total. The van der Waals surface area contributed by atoms with Crippen molar-refractivity contribution < 1.29 is 9.50 Å². The standard InChI is InChI=1S/C18H19FN2O/c1-13-9-18(21-7-2-3-8-21)17(19)10-14(13)12-20-15-5-4-6-16(22)11-15/h4-6,9-12,22H,2-3,7-8H2,1H3. The summed E-state index contributed by atoms with van der Waals surface area (Å²) >= 11 is 0. The highest BCUT2D eigenvalue weighted by Crippen LogP contribution is 2.26. The molecule has 0 radical (unpaired) electrons. The number of aryl methyl sites for hydroxylation is 1. The van der Waals surface area contributed by atoms with Crippen molar-refractivity contribution >= 4 is 17.6 Å². The molecule has 3 rings (SSSR count). The van der Waals surface area contributed by atoms with Gasteiger partial charge in [-0.3, -0.25) is 4.99 Å². The maximum Gasteiger partial charge on any atom is 0.147 e. The van der Waals surface area contributed by atoms with E-state index in [1.807, 2.05) is 13.0 Å². The zero-order chi connectivity index (χ0) is 15.5. The third kappa shape index (κ3) is 3.11. The van der Waals surface area contributed by atoms with E-state index in [1.54, 1.807) is 30.5 Å². The van der Waals surface area contributed by atoms with Crippen LogP contribution in [0.4, 0.5) is 15.8 Å². The topological polar surface area (TPSA) is 35.8 Å². The second-order valence-electron chi connectivity index (χ2n) is 5.63. The van der Waals surface area contributed by atoms with Crippen LogP contribution in [-0.4, -0.2) is 24.4 Å². The Morgan fingerprint density at radius 3 is 2.68 bits per heavy atom. The first-order valence-electron chi connectivity index (χ1n) is 7.52. The van der Waals surface area contributed by atoms with E-state index in [1.165, 1.54) is 6.07 Å². The first-order chi connectivity index (χ1) is 10.6. The lowest BCUT2D eigenvalue weighted by Crippen LogP contribution is -2.19. The molecule has 0 aliphatic carbocycles. The van der Waals surface area contributed by atoms with Crippen molar-refractivity contribution in [3.8, 4) is 5.75 Å². The van der Waals surface area contributed by atoms with Crippen molar-refractivity contribution in [1.82, 2.24) is 0 Å². The van der Waals surface area contributed by atoms with Crippen molar-refractivity contribution in [1.29, 1.82) is 0 Å². The maximum absolute atomic E-state index is 14.3. The highest BCUT2D eigenvalue weighted by atomic mass is 19.1. The molecule has 1 aliphatic rings. The van der Waals surface area contributed by atoms with E-state index in [0.29, 0.717) is 11.4 Å². The summed E-state index contributed by atoms with van der Waals surface area (Å²) < 4.78 is 14.3. The summed E-state index contributed by atoms with van der Waals surface area (Å²) in [5.41, 5.74) is 3.07. The molecule has 2 aromatic rings. The lowest BCUT2D eigenvalue weighted by molar-refractivity contribution is 0.475. The molecule has 0 atom stereocenters. The normalized spacial score (nSPS) is 14.9. The van der Waals surface area contributed by atoms with Gasteiger partial charge in [-0.05, 0) is 55.2 Å². The number of anilines is 1. The van der Waals surface area contributed by atoms with Crippen LogP contribution in [-0.2, 0) is 0 Å². The van der Waals surface area contributed by atoms with Crippen LogP contribution in [0.15, 0.2) is 41.4 Å². The van der Waals surface area contributed by atoms with Gasteiger partial charge in [0.05, 0.1) is 11.4 Å². The minimum atomic E-state index is -0.204. The van der Waals surface area contributed by atoms with Gasteiger partial charge in [-0.25, -0.2) is 4.39 Å². The monoisotopic (exact) mass is 298 g/mol. The summed E-state index contributed by atoms with van der Waals surface area (Å²) in [6, 6.07) is 10.1. The SMILES string of the molecule is Cc1cc(N2CCCC2)c(F)cc1C=Nc1cccc(O)c1. The Balaban J connectivity index is 1.86. The summed E-state index contributed by atoms with van der Waals surface area (Å²) in [5.74, 6) is -0.0354. The lowest BCUT2D eigenvalue weighted by Gasteiger charge is -2.19. The van der Waals surface area contributed by atoms with Gasteiger partial charge >= 0.3 is 0 Å². The molecule has 4 heteroatoms. The van der Waals surface area contributed by atoms with E-state index in [-0.39, 0.29) is 11.6 Å². The Morgan fingerprint density at radius 1 is 1.18 bits per heavy atom. The van der Waals surface area contributed by atoms with Gasteiger partial charge in [0, 0.05) is 25.4 Å². The molecule has 0 spiro atoms. The van der Waals surface area contributed by atoms with Crippen LogP contribution in [0.1, 0.15) is 24.0 Å². The number of hydrogen-bond donors (Lipinski definition) is 1. The zero-order valence-corrected chi connectivity index (χ0v) is 12.6. The summed E-state index contributed by atoms with van der Waals surface area (Å²) in [6.07, 6.45) is 3.89. The van der Waals surface area contributed by atoms with Crippen LogP contribution in [0.2, 0.25) is 0 Å². The highest BCUT2D eigenvalue weighted by Gasteiger charge is 2.17. The van der Waals surface area contributed by atoms with Crippen LogP contribution < -0.4 is 4.90 Å². The number of aromatic hydroxyl groups is 1. The van der Waals surface area contributed by atoms with E-state index >= 15 is 0 Å². The van der Waals surface area contributed by atoms with E-state index in [2.05, 4.69) is 9.89 Å². The van der Waals surface area contributed by atoms with Gasteiger partial charge in [0.1, 0.15) is 11.6 Å². The summed E-state index contributed by atoms with van der Waals surface area (Å²) in [7, 11) is 0. The number of hydrogen-bond acceptors (Lipinski definition) is 3. The fourth-order valence-corrected chi connectivity index (χ4v) is 2.74. The Kier molecular flexibility index (Phi) is 4.09. The van der Waals surface area contributed by atoms with Crippen LogP contribution in [0.3, 0.4) is 0 Å². The number of benzene rings is 2. The lowest BCUT2D eigenvalue weighted by atomic mass is 10.1. The minimum absolute atomic E-state index is 0.168. The molecular formula is C18H19FN2O. The molecule has 114 valence electrons. The van der Waals surface area contributed by atoms with Crippen LogP contribution >= 0.6 is 0 Å². The Hall–Kier alpha value is -2.36. The largest absolute Gasteiger partial charge is 0.508 e. The maximum atomic E-state index is 14.3. The van der Waals surface area contributed by atoms with Crippen molar-refractivity contribution in [2.45, 2.75) is 19.8 Å². The van der Waals surface area contributed by atoms with Crippen molar-refractivity contribution in [3.05, 3.63) is 53.3 Å². The molecule has 2 aromatic carbocycles. The molecular weight excluding hydrogens is 279 g/mol. The molecule has 0 aromatic heterocycles. The predicted octanol–water partition coefficient (Wildman–Crippen LogP) is 4.19. The number of aliphatic imine (C=N–C) groups is 1. The number of rotatable bonds is 3. The fraction of sp³-hybridized carbons (Fsp3) is 0.278. The third-order valence-electron chi connectivity index (χ3n) is 3.96. The van der Waals surface area contributed by atoms with Gasteiger partial charge in [-0.1, -0.05) is 6.07 Å². The fourth-order valence-electron chi connectivity index (χ4n) is 2.74. The molecule has 0 amide bonds. The third-order valence-corrected chi connectivity index (χ3v) is 3.96. The van der Waals surface area contributed by atoms with E-state index in [9.17, 15) is 9.50 Å². The molecule has 3 nitrogen and oxygen atoms in total. The second-order valence-corrected chi connectivity index (χ2v) is 5.63. The average molecular weight is 298 g/mol. The zero-order valence-electron chi connectivity index (χ0n) is 12.6. The molecule has 1 heterocycles. The van der Waals surface area contributed by atoms with Gasteiger partial charge < -0.3 is 10.0 Å². The van der Waals surface area contributed by atoms with E-state index in [0.717, 1.165) is 37.1 Å². The smallest absolute Gasteiger partial charge is 0.147 e. The quantitative estimate of drug-likeness (QED) is 0.862. The number of nitrogens with zero attached hydrogens (tertiary/aromatic N) is 2. The first kappa shape index (κ1) is 14.6. The second kappa shape index (κ2) is 6.18. The highest BCUT2D eigenvalue weighted by molar-refractivity contribution is 5.85. The molecule has 22 heavy (non-hydrogen) atoms. The van der Waals surface area contributed by atoms with Gasteiger partial charge in [-0.15, -0.1) is 0 Å². The summed E-state index contributed by atoms with van der Waals surface area (Å²) in [4.78, 5) is 6.40. The van der Waals surface area contributed by atoms with Crippen molar-refractivity contribution in [2.24, 2.45) is 4.99 Å². The first-order valence-corrected chi connectivity index (χ1v) is 7.52. The molecule has 1 aliphatic heterocycles. The number of phenols is 1. The summed E-state index contributed by atoms with van der Waals surface area (Å²) in [6.45, 7) is 3.81. The van der Waals surface area contributed by atoms with Crippen LogP contribution in [0, 0.1) is 12.7 Å². The number of halogens is 1. The minimum Gasteiger partial charge on any atom is -0.508 e. The predicted molar refractivity (Wildman–Crippen MR) is 87.9 cm³/mol. The Morgan fingerprint density at radius 2 is 1.95 bits per heavy atom. The van der Waals surface area contributed by atoms with Gasteiger partial charge in [-0.2, -0.15) is 0 Å². The number of phenolic OH excluding ortho intramolecular Hbond substituents is 1. The van der Waals surface area contributed by atoms with E-state index in [4.69, 9.17) is 0 Å². The van der Waals surface area contributed by atoms with Crippen molar-refractivity contribution in [2.75, 3.05) is 18.0 Å². The van der Waals surface area contributed by atoms with Gasteiger partial charge in [0.15, 0.2) is 0 Å². The molecule has 0 bridgehead atoms. The van der Waals surface area contributed by atoms with Crippen LogP contribution in [0.5, 0.6) is 5.75 Å². The summed E-state index contributed by atoms with van der Waals surface area (Å²) in [5, 5.41) is 9.43. The van der Waals surface area contributed by atoms with Crippen molar-refractivity contribution in [3.63, 3.8) is 0 Å². The molecule has 1 fully saturated rings. The molecule has 0 unspecified atom stereocenters. The molecule has 0 saturated carbocycles. The Bertz CT molecular complexity index is 706. The van der Waals surface area contributed by atoms with Crippen LogP contribution in [0.25, 0.3) is 0 Å². The Labute approximate surface area is 129 Å². The average Bonchev–Trinajstić information content (AvgIpc) is 3.02. The van der Waals surface area contributed by atoms with Gasteiger partial charge in [0.25, 0.3) is 0 Å². The van der Waals surface area contributed by atoms with Gasteiger partial charge in [0.2, 0.25) is 0 Å². The van der Waals surface area contributed by atoms with E-state index < -0.39 is 0 Å².